The van der Waals surface area contributed by atoms with Crippen LogP contribution in [0, 0.1) is 18.8 Å². The zero-order valence-electron chi connectivity index (χ0n) is 13.9. The molecule has 0 saturated heterocycles. The van der Waals surface area contributed by atoms with Crippen molar-refractivity contribution < 1.29 is 4.74 Å². The van der Waals surface area contributed by atoms with Crippen molar-refractivity contribution in [2.24, 2.45) is 11.8 Å². The van der Waals surface area contributed by atoms with E-state index < -0.39 is 0 Å². The first kappa shape index (κ1) is 14.9. The number of benzene rings is 1. The molecule has 1 fully saturated rings. The van der Waals surface area contributed by atoms with Crippen molar-refractivity contribution in [2.75, 3.05) is 7.05 Å². The van der Waals surface area contributed by atoms with E-state index in [1.54, 1.807) is 0 Å². The third-order valence-electron chi connectivity index (χ3n) is 5.68. The summed E-state index contributed by atoms with van der Waals surface area (Å²) in [5.41, 5.74) is 2.73. The van der Waals surface area contributed by atoms with Crippen molar-refractivity contribution in [3.8, 4) is 5.75 Å². The molecule has 0 amide bonds. The van der Waals surface area contributed by atoms with Crippen LogP contribution < -0.4 is 10.1 Å². The first-order chi connectivity index (χ1) is 10.0. The fourth-order valence-corrected chi connectivity index (χ4v) is 4.19. The Kier molecular flexibility index (Phi) is 4.00. The van der Waals surface area contributed by atoms with E-state index in [0.717, 1.165) is 24.0 Å². The molecule has 2 nitrogen and oxygen atoms in total. The van der Waals surface area contributed by atoms with Crippen LogP contribution in [0.1, 0.15) is 63.1 Å². The zero-order valence-corrected chi connectivity index (χ0v) is 13.9. The maximum absolute atomic E-state index is 6.54. The van der Waals surface area contributed by atoms with Crippen LogP contribution >= 0.6 is 0 Å². The smallest absolute Gasteiger partial charge is 0.124 e. The molecule has 116 valence electrons. The Labute approximate surface area is 129 Å². The van der Waals surface area contributed by atoms with E-state index in [0.29, 0.717) is 6.04 Å². The van der Waals surface area contributed by atoms with Gasteiger partial charge in [-0.3, -0.25) is 0 Å². The SMILES string of the molecule is CNC1CC2(CCC(C(C)C)CC2)Oc2ccc(C)cc21. The standard InChI is InChI=1S/C19H29NO/c1-13(2)15-7-9-19(10-8-15)12-17(20-4)16-11-14(3)5-6-18(16)21-19/h5-6,11,13,15,17,20H,7-10,12H2,1-4H3. The number of hydrogen-bond donors (Lipinski definition) is 1. The highest BCUT2D eigenvalue weighted by molar-refractivity contribution is 5.41. The van der Waals surface area contributed by atoms with Crippen molar-refractivity contribution in [1.29, 1.82) is 0 Å². The zero-order chi connectivity index (χ0) is 15.0. The number of aryl methyl sites for hydroxylation is 1. The van der Waals surface area contributed by atoms with Gasteiger partial charge in [0.05, 0.1) is 0 Å². The van der Waals surface area contributed by atoms with Crippen LogP contribution in [0.15, 0.2) is 18.2 Å². The maximum Gasteiger partial charge on any atom is 0.124 e. The van der Waals surface area contributed by atoms with Gasteiger partial charge in [0.1, 0.15) is 11.4 Å². The van der Waals surface area contributed by atoms with E-state index in [9.17, 15) is 0 Å². The van der Waals surface area contributed by atoms with Crippen molar-refractivity contribution in [3.63, 3.8) is 0 Å². The van der Waals surface area contributed by atoms with Gasteiger partial charge < -0.3 is 10.1 Å². The van der Waals surface area contributed by atoms with Crippen LogP contribution in [0.25, 0.3) is 0 Å². The van der Waals surface area contributed by atoms with Gasteiger partial charge in [-0.2, -0.15) is 0 Å². The molecule has 0 radical (unpaired) electrons. The molecular formula is C19H29NO. The molecule has 1 aliphatic heterocycles. The van der Waals surface area contributed by atoms with Gasteiger partial charge in [-0.15, -0.1) is 0 Å². The minimum Gasteiger partial charge on any atom is -0.487 e. The summed E-state index contributed by atoms with van der Waals surface area (Å²) in [6.45, 7) is 6.88. The summed E-state index contributed by atoms with van der Waals surface area (Å²) in [7, 11) is 2.08. The molecule has 1 aromatic rings. The van der Waals surface area contributed by atoms with Gasteiger partial charge >= 0.3 is 0 Å². The number of ether oxygens (including phenoxy) is 1. The first-order valence-corrected chi connectivity index (χ1v) is 8.50. The van der Waals surface area contributed by atoms with Crippen LogP contribution in [-0.4, -0.2) is 12.6 Å². The van der Waals surface area contributed by atoms with Gasteiger partial charge in [0.25, 0.3) is 0 Å². The van der Waals surface area contributed by atoms with Gasteiger partial charge in [0.15, 0.2) is 0 Å². The van der Waals surface area contributed by atoms with E-state index in [-0.39, 0.29) is 5.60 Å². The molecule has 1 unspecified atom stereocenters. The fourth-order valence-electron chi connectivity index (χ4n) is 4.19. The highest BCUT2D eigenvalue weighted by atomic mass is 16.5. The van der Waals surface area contributed by atoms with E-state index in [2.05, 4.69) is 51.3 Å². The molecular weight excluding hydrogens is 258 g/mol. The molecule has 1 heterocycles. The Morgan fingerprint density at radius 3 is 2.57 bits per heavy atom. The van der Waals surface area contributed by atoms with Crippen molar-refractivity contribution >= 4 is 0 Å². The summed E-state index contributed by atoms with van der Waals surface area (Å²) in [5.74, 6) is 2.79. The molecule has 1 atom stereocenters. The van der Waals surface area contributed by atoms with Crippen molar-refractivity contribution in [2.45, 2.75) is 64.5 Å². The predicted octanol–water partition coefficient (Wildman–Crippen LogP) is 4.62. The molecule has 2 aliphatic rings. The van der Waals surface area contributed by atoms with Gasteiger partial charge in [-0.05, 0) is 57.6 Å². The summed E-state index contributed by atoms with van der Waals surface area (Å²) < 4.78 is 6.54. The molecule has 3 rings (SSSR count). The van der Waals surface area contributed by atoms with Crippen LogP contribution in [-0.2, 0) is 0 Å². The second-order valence-corrected chi connectivity index (χ2v) is 7.45. The number of fused-ring (bicyclic) bond motifs is 1. The third kappa shape index (κ3) is 2.83. The van der Waals surface area contributed by atoms with E-state index in [4.69, 9.17) is 4.74 Å². The molecule has 0 aromatic heterocycles. The van der Waals surface area contributed by atoms with Gasteiger partial charge in [0.2, 0.25) is 0 Å². The average Bonchev–Trinajstić information content (AvgIpc) is 2.47. The molecule has 21 heavy (non-hydrogen) atoms. The van der Waals surface area contributed by atoms with E-state index in [1.807, 2.05) is 0 Å². The van der Waals surface area contributed by atoms with Crippen LogP contribution in [0.2, 0.25) is 0 Å². The number of rotatable bonds is 2. The second-order valence-electron chi connectivity index (χ2n) is 7.45. The Bertz CT molecular complexity index is 500. The highest BCUT2D eigenvalue weighted by Crippen LogP contribution is 2.48. The minimum atomic E-state index is 0.0708. The third-order valence-corrected chi connectivity index (χ3v) is 5.68. The monoisotopic (exact) mass is 287 g/mol. The van der Waals surface area contributed by atoms with Crippen LogP contribution in [0.4, 0.5) is 0 Å². The molecule has 1 aromatic carbocycles. The molecule has 1 aliphatic carbocycles. The Hall–Kier alpha value is -1.02. The summed E-state index contributed by atoms with van der Waals surface area (Å²) in [4.78, 5) is 0. The summed E-state index contributed by atoms with van der Waals surface area (Å²) in [5, 5.41) is 3.51. The maximum atomic E-state index is 6.54. The number of nitrogens with one attached hydrogen (secondary N) is 1. The minimum absolute atomic E-state index is 0.0708. The van der Waals surface area contributed by atoms with Gasteiger partial charge in [0, 0.05) is 18.0 Å². The van der Waals surface area contributed by atoms with Gasteiger partial charge in [-0.25, -0.2) is 0 Å². The largest absolute Gasteiger partial charge is 0.487 e. The van der Waals surface area contributed by atoms with Crippen molar-refractivity contribution in [1.82, 2.24) is 5.32 Å². The average molecular weight is 287 g/mol. The van der Waals surface area contributed by atoms with Crippen LogP contribution in [0.5, 0.6) is 5.75 Å². The van der Waals surface area contributed by atoms with E-state index >= 15 is 0 Å². The lowest BCUT2D eigenvalue weighted by molar-refractivity contribution is -0.0192. The molecule has 2 heteroatoms. The topological polar surface area (TPSA) is 21.3 Å². The summed E-state index contributed by atoms with van der Waals surface area (Å²) in [6.07, 6.45) is 6.16. The lowest BCUT2D eigenvalue weighted by atomic mass is 9.71. The lowest BCUT2D eigenvalue weighted by Gasteiger charge is -2.46. The van der Waals surface area contributed by atoms with Crippen molar-refractivity contribution in [3.05, 3.63) is 29.3 Å². The van der Waals surface area contributed by atoms with E-state index in [1.165, 1.54) is 36.8 Å². The van der Waals surface area contributed by atoms with Crippen LogP contribution in [0.3, 0.4) is 0 Å². The number of hydrogen-bond acceptors (Lipinski definition) is 2. The lowest BCUT2D eigenvalue weighted by Crippen LogP contribution is -2.46. The fraction of sp³-hybridized carbons (Fsp3) is 0.684. The Balaban J connectivity index is 1.83. The Morgan fingerprint density at radius 1 is 1.24 bits per heavy atom. The first-order valence-electron chi connectivity index (χ1n) is 8.50. The predicted molar refractivity (Wildman–Crippen MR) is 87.8 cm³/mol. The summed E-state index contributed by atoms with van der Waals surface area (Å²) in [6, 6.07) is 7.06. The Morgan fingerprint density at radius 2 is 1.95 bits per heavy atom. The normalized spacial score (nSPS) is 32.0. The molecule has 1 spiro atoms. The molecule has 1 N–H and O–H groups in total. The van der Waals surface area contributed by atoms with Gasteiger partial charge in [-0.1, -0.05) is 31.5 Å². The summed E-state index contributed by atoms with van der Waals surface area (Å²) >= 11 is 0. The molecule has 0 bridgehead atoms. The molecule has 1 saturated carbocycles. The second kappa shape index (κ2) is 5.64. The highest BCUT2D eigenvalue weighted by Gasteiger charge is 2.43. The quantitative estimate of drug-likeness (QED) is 0.856.